The molecule has 1 unspecified atom stereocenters. The van der Waals surface area contributed by atoms with Gasteiger partial charge in [0.25, 0.3) is 0 Å². The lowest BCUT2D eigenvalue weighted by molar-refractivity contribution is -0.155. The summed E-state index contributed by atoms with van der Waals surface area (Å²) in [7, 11) is 1.20. The van der Waals surface area contributed by atoms with Crippen molar-refractivity contribution in [2.75, 3.05) is 46.8 Å². The van der Waals surface area contributed by atoms with Crippen LogP contribution in [0.4, 0.5) is 0 Å². The average Bonchev–Trinajstić information content (AvgIpc) is 2.99. The van der Waals surface area contributed by atoms with Crippen LogP contribution < -0.4 is 0 Å². The van der Waals surface area contributed by atoms with Gasteiger partial charge < -0.3 is 33.5 Å². The highest BCUT2D eigenvalue weighted by Crippen LogP contribution is 2.02. The number of methoxy groups -OCH3 is 1. The van der Waals surface area contributed by atoms with Crippen molar-refractivity contribution >= 4 is 64.2 Å². The van der Waals surface area contributed by atoms with E-state index in [-0.39, 0.29) is 82.4 Å². The Morgan fingerprint density at radius 3 is 1.37 bits per heavy atom. The molecule has 0 amide bonds. The highest BCUT2D eigenvalue weighted by molar-refractivity contribution is 6.64. The molecule has 0 aromatic carbocycles. The number of carbonyl (C=O) groups excluding carboxylic acids is 9. The van der Waals surface area contributed by atoms with Crippen molar-refractivity contribution in [3.8, 4) is 0 Å². The third-order valence-electron chi connectivity index (χ3n) is 4.16. The van der Waals surface area contributed by atoms with Gasteiger partial charge in [-0.2, -0.15) is 0 Å². The van der Waals surface area contributed by atoms with Gasteiger partial charge in [-0.25, -0.2) is 9.59 Å². The van der Waals surface area contributed by atoms with Crippen molar-refractivity contribution in [2.24, 2.45) is 5.92 Å². The van der Waals surface area contributed by atoms with Crippen LogP contribution in [-0.2, 0) is 71.6 Å². The molecule has 0 aromatic heterocycles. The van der Waals surface area contributed by atoms with Gasteiger partial charge in [0.15, 0.2) is 0 Å². The fourth-order valence-electron chi connectivity index (χ4n) is 1.86. The number of hydrogen-bond donors (Lipinski definition) is 1. The Hall–Kier alpha value is -4.44. The fourth-order valence-corrected chi connectivity index (χ4v) is 1.97. The Morgan fingerprint density at radius 1 is 0.674 bits per heavy atom. The van der Waals surface area contributed by atoms with Crippen LogP contribution in [0.15, 0.2) is 25.3 Å². The average molecular weight is 683 g/mol. The van der Waals surface area contributed by atoms with E-state index in [1.54, 1.807) is 6.92 Å². The number of rotatable bonds is 18. The minimum Gasteiger partial charge on any atom is -0.469 e. The van der Waals surface area contributed by atoms with E-state index in [4.69, 9.17) is 21.4 Å². The zero-order chi connectivity index (χ0) is 36.5. The monoisotopic (exact) mass is 682 g/mol. The Balaban J connectivity index is -0.000000268. The summed E-state index contributed by atoms with van der Waals surface area (Å²) in [5.41, 5.74) is 0. The van der Waals surface area contributed by atoms with E-state index >= 15 is 0 Å². The van der Waals surface area contributed by atoms with Crippen molar-refractivity contribution in [1.82, 2.24) is 0 Å². The summed E-state index contributed by atoms with van der Waals surface area (Å²) >= 11 is 4.81. The number of carbonyl (C=O) groups is 9. The smallest absolute Gasteiger partial charge is 0.330 e. The lowest BCUT2D eigenvalue weighted by atomic mass is 10.1. The third kappa shape index (κ3) is 41.7. The number of aliphatic hydroxyl groups excluding tert-OH is 1. The number of halogens is 1. The molecule has 0 saturated heterocycles. The first-order valence-corrected chi connectivity index (χ1v) is 13.8. The maximum absolute atomic E-state index is 11.2. The quantitative estimate of drug-likeness (QED) is 0.0537. The van der Waals surface area contributed by atoms with Gasteiger partial charge in [0.05, 0.1) is 19.6 Å². The molecule has 0 aliphatic heterocycles. The summed E-state index contributed by atoms with van der Waals surface area (Å²) in [5.74, 6) is -3.85. The van der Waals surface area contributed by atoms with Gasteiger partial charge >= 0.3 is 35.8 Å². The molecular weight excluding hydrogens is 640 g/mol. The Kier molecular flexibility index (Phi) is 35.2. The van der Waals surface area contributed by atoms with Gasteiger partial charge in [0, 0.05) is 12.2 Å². The molecule has 0 aliphatic rings. The van der Waals surface area contributed by atoms with Gasteiger partial charge in [-0.05, 0) is 31.9 Å². The standard InChI is InChI=1S/C11H18O5.C9H12O5.C5H8O3.C4H5ClO3/c1-4-8(2)11(14)16-6-5-15-10(13)7-9(3)12;1-3-8(11)13-4-5-14-9(12)6-7(2)10;1-2-5(7)8-4-3-6;1-8-4(7)2-3(5)6/h8H,4-7H2,1-3H3;3H,1,4-6H2,2H3;2,6H,1,3-4H2;2H2,1H3. The van der Waals surface area contributed by atoms with Crippen LogP contribution in [0.25, 0.3) is 0 Å². The van der Waals surface area contributed by atoms with Crippen LogP contribution in [-0.4, -0.2) is 104 Å². The molecule has 0 bridgehead atoms. The number of ether oxygens (including phenoxy) is 6. The molecule has 0 aromatic rings. The second kappa shape index (κ2) is 33.5. The molecule has 1 atom stereocenters. The zero-order valence-electron chi connectivity index (χ0n) is 26.7. The number of aliphatic hydroxyl groups is 1. The van der Waals surface area contributed by atoms with Crippen LogP contribution in [0.5, 0.6) is 0 Å². The molecule has 0 radical (unpaired) electrons. The second-order valence-electron chi connectivity index (χ2n) is 8.25. The van der Waals surface area contributed by atoms with Gasteiger partial charge in [-0.15, -0.1) is 0 Å². The van der Waals surface area contributed by atoms with Crippen LogP contribution in [0.2, 0.25) is 0 Å². The van der Waals surface area contributed by atoms with Crippen molar-refractivity contribution < 1.29 is 76.7 Å². The number of Topliss-reactive ketones (excluding diaryl/α,β-unsaturated/α-hetero) is 2. The molecule has 0 spiro atoms. The normalized spacial score (nSPS) is 9.63. The number of ketones is 2. The topological polar surface area (TPSA) is 229 Å². The van der Waals surface area contributed by atoms with E-state index in [1.807, 2.05) is 6.92 Å². The fraction of sp³-hybridized carbons (Fsp3) is 0.552. The summed E-state index contributed by atoms with van der Waals surface area (Å²) in [4.78, 5) is 94.4. The molecule has 0 rings (SSSR count). The number of esters is 6. The van der Waals surface area contributed by atoms with E-state index in [0.29, 0.717) is 6.42 Å². The van der Waals surface area contributed by atoms with Crippen molar-refractivity contribution in [2.45, 2.75) is 53.4 Å². The van der Waals surface area contributed by atoms with E-state index in [0.717, 1.165) is 12.2 Å². The van der Waals surface area contributed by atoms with Crippen LogP contribution >= 0.6 is 11.6 Å². The maximum atomic E-state index is 11.2. The molecular formula is C29H43ClO16. The molecule has 262 valence electrons. The summed E-state index contributed by atoms with van der Waals surface area (Å²) in [6, 6.07) is 0. The lowest BCUT2D eigenvalue weighted by Gasteiger charge is -2.09. The SMILES string of the molecule is C=CC(=O)OCCO.C=CC(=O)OCCOC(=O)CC(C)=O.CCC(C)C(=O)OCCOC(=O)CC(C)=O.COC(=O)CC(=O)Cl. The molecule has 17 heteroatoms. The third-order valence-corrected chi connectivity index (χ3v) is 4.30. The van der Waals surface area contributed by atoms with Crippen LogP contribution in [0.3, 0.4) is 0 Å². The summed E-state index contributed by atoms with van der Waals surface area (Å²) in [6.07, 6.45) is 1.93. The van der Waals surface area contributed by atoms with Crippen molar-refractivity contribution in [1.29, 1.82) is 0 Å². The van der Waals surface area contributed by atoms with E-state index in [9.17, 15) is 43.2 Å². The van der Waals surface area contributed by atoms with Gasteiger partial charge in [-0.1, -0.05) is 27.0 Å². The highest BCUT2D eigenvalue weighted by Gasteiger charge is 2.12. The first-order valence-electron chi connectivity index (χ1n) is 13.4. The Bertz CT molecular complexity index is 1010. The van der Waals surface area contributed by atoms with E-state index < -0.39 is 35.1 Å². The summed E-state index contributed by atoms with van der Waals surface area (Å²) in [5, 5.41) is 7.40. The summed E-state index contributed by atoms with van der Waals surface area (Å²) in [6.45, 7) is 12.5. The second-order valence-corrected chi connectivity index (χ2v) is 8.67. The predicted octanol–water partition coefficient (Wildman–Crippen LogP) is 1.36. The zero-order valence-corrected chi connectivity index (χ0v) is 27.4. The Morgan fingerprint density at radius 2 is 1.07 bits per heavy atom. The van der Waals surface area contributed by atoms with Crippen LogP contribution in [0, 0.1) is 5.92 Å². The maximum Gasteiger partial charge on any atom is 0.330 e. The predicted molar refractivity (Wildman–Crippen MR) is 160 cm³/mol. The highest BCUT2D eigenvalue weighted by atomic mass is 35.5. The van der Waals surface area contributed by atoms with Crippen LogP contribution in [0.1, 0.15) is 53.4 Å². The molecule has 46 heavy (non-hydrogen) atoms. The molecule has 0 heterocycles. The molecule has 0 fully saturated rings. The van der Waals surface area contributed by atoms with E-state index in [1.165, 1.54) is 21.0 Å². The molecule has 0 saturated carbocycles. The Labute approximate surface area is 272 Å². The molecule has 16 nitrogen and oxygen atoms in total. The first-order chi connectivity index (χ1) is 21.5. The first kappa shape index (κ1) is 48.5. The van der Waals surface area contributed by atoms with Gasteiger partial charge in [-0.3, -0.25) is 33.6 Å². The minimum atomic E-state index is -0.697. The minimum absolute atomic E-state index is 0.00567. The van der Waals surface area contributed by atoms with Crippen molar-refractivity contribution in [3.63, 3.8) is 0 Å². The largest absolute Gasteiger partial charge is 0.469 e. The molecule has 1 N–H and O–H groups in total. The van der Waals surface area contributed by atoms with Gasteiger partial charge in [0.2, 0.25) is 5.24 Å². The van der Waals surface area contributed by atoms with Crippen molar-refractivity contribution in [3.05, 3.63) is 25.3 Å². The van der Waals surface area contributed by atoms with E-state index in [2.05, 4.69) is 36.8 Å². The lowest BCUT2D eigenvalue weighted by Crippen LogP contribution is -2.18. The summed E-state index contributed by atoms with van der Waals surface area (Å²) < 4.78 is 27.1. The number of hydrogen-bond acceptors (Lipinski definition) is 16. The van der Waals surface area contributed by atoms with Gasteiger partial charge in [0.1, 0.15) is 63.9 Å². The molecule has 0 aliphatic carbocycles.